The molecule has 1 heterocycles. The van der Waals surface area contributed by atoms with Gasteiger partial charge in [0.15, 0.2) is 0 Å². The zero-order valence-corrected chi connectivity index (χ0v) is 29.3. The number of amides is 2. The van der Waals surface area contributed by atoms with E-state index in [-0.39, 0.29) is 30.3 Å². The van der Waals surface area contributed by atoms with Crippen LogP contribution in [0.5, 0.6) is 5.75 Å². The number of quaternary nitrogens is 1. The second-order valence-corrected chi connectivity index (χ2v) is 15.9. The van der Waals surface area contributed by atoms with Gasteiger partial charge in [-0.15, -0.1) is 0 Å². The van der Waals surface area contributed by atoms with Crippen molar-refractivity contribution in [2.75, 3.05) is 18.1 Å². The Morgan fingerprint density at radius 2 is 1.42 bits per heavy atom. The molecule has 43 heavy (non-hydrogen) atoms. The second kappa shape index (κ2) is 13.5. The van der Waals surface area contributed by atoms with Gasteiger partial charge < -0.3 is 24.8 Å². The number of alkyl carbamates (subject to hydrolysis) is 2. The summed E-state index contributed by atoms with van der Waals surface area (Å²) in [6, 6.07) is 9.19. The van der Waals surface area contributed by atoms with E-state index >= 15 is 0 Å². The lowest BCUT2D eigenvalue weighted by atomic mass is 9.57. The number of rotatable bonds is 7. The first-order valence-electron chi connectivity index (χ1n) is 15.9. The molecular weight excluding hydrogens is 657 g/mol. The van der Waals surface area contributed by atoms with E-state index in [9.17, 15) is 9.59 Å². The first kappa shape index (κ1) is 33.9. The molecule has 3 fully saturated rings. The van der Waals surface area contributed by atoms with Crippen LogP contribution in [0.25, 0.3) is 0 Å². The number of fused-ring (bicyclic) bond motifs is 3. The predicted molar refractivity (Wildman–Crippen MR) is 178 cm³/mol. The van der Waals surface area contributed by atoms with Crippen LogP contribution in [0.2, 0.25) is 0 Å². The molecule has 8 atom stereocenters. The van der Waals surface area contributed by atoms with E-state index in [1.807, 2.05) is 41.5 Å². The van der Waals surface area contributed by atoms with E-state index in [1.54, 1.807) is 0 Å². The van der Waals surface area contributed by atoms with Crippen molar-refractivity contribution in [3.63, 3.8) is 0 Å². The molecule has 0 spiro atoms. The van der Waals surface area contributed by atoms with E-state index in [0.717, 1.165) is 48.7 Å². The fourth-order valence-corrected chi connectivity index (χ4v) is 8.22. The lowest BCUT2D eigenvalue weighted by molar-refractivity contribution is -0.934. The van der Waals surface area contributed by atoms with E-state index < -0.39 is 11.2 Å². The third-order valence-corrected chi connectivity index (χ3v) is 9.94. The fourth-order valence-electron chi connectivity index (χ4n) is 8.00. The number of hydrogen-bond acceptors (Lipinski definition) is 5. The number of likely N-dealkylation sites (tertiary alicyclic amines) is 1. The number of halogens is 1. The van der Waals surface area contributed by atoms with Gasteiger partial charge in [0.25, 0.3) is 0 Å². The molecule has 1 aromatic carbocycles. The third kappa shape index (κ3) is 8.38. The standard InChI is InChI=1S/C34H52IN3O5/c1-9-38(8)29-21-24(37-32(40)43-34(5,6)7)13-17-27(29)26-16-12-23(36-31(39)42-33(2,3)4)20-28(26)30(38)22-10-14-25(15-11-22)41-19-18-35/h9-11,14-15,23-24,26-30H,1,12-13,16-21H2,2-8H3,(H-,36,37,39,40)/p+1. The second-order valence-electron chi connectivity index (χ2n) is 14.8. The number of carbonyl (C=O) groups excluding carboxylic acids is 2. The summed E-state index contributed by atoms with van der Waals surface area (Å²) in [6.07, 6.45) is 7.20. The van der Waals surface area contributed by atoms with Crippen molar-refractivity contribution < 1.29 is 28.3 Å². The maximum Gasteiger partial charge on any atom is 0.407 e. The average Bonchev–Trinajstić information content (AvgIpc) is 2.90. The van der Waals surface area contributed by atoms with Crippen LogP contribution in [0.3, 0.4) is 0 Å². The van der Waals surface area contributed by atoms with Crippen molar-refractivity contribution in [2.45, 2.75) is 115 Å². The minimum absolute atomic E-state index is 0.0555. The Kier molecular flexibility index (Phi) is 10.7. The van der Waals surface area contributed by atoms with Gasteiger partial charge in [-0.2, -0.15) is 0 Å². The first-order chi connectivity index (χ1) is 20.1. The van der Waals surface area contributed by atoms with Crippen LogP contribution in [0.15, 0.2) is 37.0 Å². The number of nitrogens with zero attached hydrogens (tertiary/aromatic N) is 1. The quantitative estimate of drug-likeness (QED) is 0.174. The van der Waals surface area contributed by atoms with Crippen molar-refractivity contribution in [1.82, 2.24) is 10.6 Å². The Bertz CT molecular complexity index is 1130. The minimum Gasteiger partial charge on any atom is -0.493 e. The lowest BCUT2D eigenvalue weighted by Gasteiger charge is -2.61. The molecule has 9 heteroatoms. The van der Waals surface area contributed by atoms with Crippen molar-refractivity contribution in [3.8, 4) is 5.75 Å². The Morgan fingerprint density at radius 1 is 0.884 bits per heavy atom. The summed E-state index contributed by atoms with van der Waals surface area (Å²) in [6.45, 7) is 16.5. The van der Waals surface area contributed by atoms with Gasteiger partial charge in [0.05, 0.1) is 25.9 Å². The minimum atomic E-state index is -0.534. The van der Waals surface area contributed by atoms with Gasteiger partial charge in [-0.1, -0.05) is 22.6 Å². The highest BCUT2D eigenvalue weighted by Crippen LogP contribution is 2.57. The predicted octanol–water partition coefficient (Wildman–Crippen LogP) is 7.52. The van der Waals surface area contributed by atoms with Gasteiger partial charge in [0, 0.05) is 40.3 Å². The summed E-state index contributed by atoms with van der Waals surface area (Å²) >= 11 is 2.32. The number of piperidine rings is 1. The maximum atomic E-state index is 12.8. The molecule has 240 valence electrons. The van der Waals surface area contributed by atoms with Crippen LogP contribution >= 0.6 is 22.6 Å². The summed E-state index contributed by atoms with van der Waals surface area (Å²) in [7, 11) is 2.31. The van der Waals surface area contributed by atoms with Gasteiger partial charge in [0.2, 0.25) is 0 Å². The maximum absolute atomic E-state index is 12.8. The zero-order chi connectivity index (χ0) is 31.6. The normalized spacial score (nSPS) is 32.4. The highest BCUT2D eigenvalue weighted by atomic mass is 127. The summed E-state index contributed by atoms with van der Waals surface area (Å²) in [5.41, 5.74) is 0.194. The highest BCUT2D eigenvalue weighted by Gasteiger charge is 2.59. The molecule has 0 bridgehead atoms. The van der Waals surface area contributed by atoms with Gasteiger partial charge in [-0.25, -0.2) is 9.59 Å². The average molecular weight is 711 g/mol. The molecule has 8 unspecified atom stereocenters. The monoisotopic (exact) mass is 710 g/mol. The number of nitrogens with one attached hydrogen (secondary N) is 2. The molecule has 8 nitrogen and oxygen atoms in total. The van der Waals surface area contributed by atoms with Crippen molar-refractivity contribution in [2.24, 2.45) is 17.8 Å². The number of benzene rings is 1. The Hall–Kier alpha value is -2.01. The van der Waals surface area contributed by atoms with Crippen LogP contribution in [-0.4, -0.2) is 64.1 Å². The van der Waals surface area contributed by atoms with Gasteiger partial charge in [-0.05, 0) is 110 Å². The Morgan fingerprint density at radius 3 is 1.93 bits per heavy atom. The summed E-state index contributed by atoms with van der Waals surface area (Å²) in [4.78, 5) is 25.5. The van der Waals surface area contributed by atoms with Crippen molar-refractivity contribution >= 4 is 34.8 Å². The smallest absolute Gasteiger partial charge is 0.407 e. The topological polar surface area (TPSA) is 85.9 Å². The van der Waals surface area contributed by atoms with E-state index in [4.69, 9.17) is 14.2 Å². The van der Waals surface area contributed by atoms with Gasteiger partial charge in [0.1, 0.15) is 23.0 Å². The molecule has 4 rings (SSSR count). The van der Waals surface area contributed by atoms with Crippen LogP contribution in [-0.2, 0) is 9.47 Å². The molecule has 2 saturated carbocycles. The number of hydrogen-bond donors (Lipinski definition) is 2. The molecular formula is C34H53IN3O5+. The summed E-state index contributed by atoms with van der Waals surface area (Å²) in [5, 5.41) is 6.39. The molecule has 2 N–H and O–H groups in total. The van der Waals surface area contributed by atoms with Crippen LogP contribution in [0.1, 0.15) is 91.7 Å². The molecule has 1 saturated heterocycles. The molecule has 3 aliphatic rings. The third-order valence-electron chi connectivity index (χ3n) is 9.50. The fraction of sp³-hybridized carbons (Fsp3) is 0.706. The van der Waals surface area contributed by atoms with Crippen molar-refractivity contribution in [1.29, 1.82) is 0 Å². The summed E-state index contributed by atoms with van der Waals surface area (Å²) in [5.74, 6) is 2.27. The zero-order valence-electron chi connectivity index (χ0n) is 27.2. The Balaban J connectivity index is 1.63. The summed E-state index contributed by atoms with van der Waals surface area (Å²) < 4.78 is 18.8. The number of carbonyl (C=O) groups is 2. The van der Waals surface area contributed by atoms with Crippen LogP contribution in [0, 0.1) is 17.8 Å². The SMILES string of the molecule is C=C[N+]1(C)C2CC(NC(=O)OC(C)(C)C)CCC2C2CCC(NC(=O)OC(C)(C)C)CC2C1c1ccc(OCCI)cc1. The highest BCUT2D eigenvalue weighted by molar-refractivity contribution is 14.1. The lowest BCUT2D eigenvalue weighted by Crippen LogP contribution is -2.66. The van der Waals surface area contributed by atoms with Crippen LogP contribution < -0.4 is 15.4 Å². The molecule has 0 radical (unpaired) electrons. The van der Waals surface area contributed by atoms with E-state index in [1.165, 1.54) is 5.56 Å². The van der Waals surface area contributed by atoms with E-state index in [0.29, 0.717) is 34.9 Å². The van der Waals surface area contributed by atoms with Gasteiger partial charge in [-0.3, -0.25) is 4.48 Å². The molecule has 2 amide bonds. The molecule has 0 aromatic heterocycles. The largest absolute Gasteiger partial charge is 0.493 e. The first-order valence-corrected chi connectivity index (χ1v) is 17.4. The van der Waals surface area contributed by atoms with Crippen molar-refractivity contribution in [3.05, 3.63) is 42.6 Å². The Labute approximate surface area is 272 Å². The number of alkyl halides is 1. The molecule has 2 aliphatic carbocycles. The molecule has 1 aromatic rings. The van der Waals surface area contributed by atoms with Crippen LogP contribution in [0.4, 0.5) is 9.59 Å². The van der Waals surface area contributed by atoms with Gasteiger partial charge >= 0.3 is 12.2 Å². The van der Waals surface area contributed by atoms with E-state index in [2.05, 4.69) is 77.3 Å². The molecule has 1 aliphatic heterocycles. The number of ether oxygens (including phenoxy) is 3.